The fourth-order valence-corrected chi connectivity index (χ4v) is 4.89. The topological polar surface area (TPSA) is 121 Å². The first-order chi connectivity index (χ1) is 18.0. The van der Waals surface area contributed by atoms with Crippen molar-refractivity contribution in [1.82, 2.24) is 9.88 Å². The van der Waals surface area contributed by atoms with Crippen molar-refractivity contribution in [3.8, 4) is 0 Å². The number of carbonyl (C=O) groups excluding carboxylic acids is 3. The van der Waals surface area contributed by atoms with Crippen molar-refractivity contribution in [1.29, 1.82) is 0 Å². The van der Waals surface area contributed by atoms with Crippen molar-refractivity contribution in [2.45, 2.75) is 18.7 Å². The lowest BCUT2D eigenvalue weighted by Gasteiger charge is -2.15. The minimum atomic E-state index is -2.99. The SMILES string of the molecule is CCN(CC)CC(=O)N=S(C)(=O)c1ccc(C(=O)Nc2ccc(Cl)cc2C(=O)Nc2ccc(Cl)cn2)cc1. The zero-order valence-corrected chi connectivity index (χ0v) is 23.4. The van der Waals surface area contributed by atoms with E-state index in [2.05, 4.69) is 20.0 Å². The number of amides is 3. The summed E-state index contributed by atoms with van der Waals surface area (Å²) in [6, 6.07) is 13.5. The number of carbonyl (C=O) groups is 3. The number of pyridine rings is 1. The number of nitrogens with one attached hydrogen (secondary N) is 2. The molecule has 0 saturated heterocycles. The maximum atomic E-state index is 13.1. The first-order valence-electron chi connectivity index (χ1n) is 11.6. The second kappa shape index (κ2) is 13.0. The van der Waals surface area contributed by atoms with Crippen LogP contribution in [0.3, 0.4) is 0 Å². The molecule has 1 atom stereocenters. The van der Waals surface area contributed by atoms with Gasteiger partial charge in [0.25, 0.3) is 17.7 Å². The summed E-state index contributed by atoms with van der Waals surface area (Å²) in [7, 11) is -2.99. The third-order valence-electron chi connectivity index (χ3n) is 5.53. The standard InChI is InChI=1S/C26H27Cl2N5O4S/c1-4-33(5-2)16-24(34)32-38(3,37)20-10-6-17(7-11-20)25(35)30-22-12-8-18(27)14-21(22)26(36)31-23-13-9-19(28)15-29-23/h6-15H,4-5,16H2,1-3H3,(H,30,35)(H,29,31,36). The number of hydrogen-bond donors (Lipinski definition) is 2. The molecule has 0 fully saturated rings. The summed E-state index contributed by atoms with van der Waals surface area (Å²) >= 11 is 11.9. The lowest BCUT2D eigenvalue weighted by atomic mass is 10.1. The van der Waals surface area contributed by atoms with Gasteiger partial charge < -0.3 is 10.6 Å². The third-order valence-corrected chi connectivity index (χ3v) is 7.68. The van der Waals surface area contributed by atoms with Crippen LogP contribution in [0.5, 0.6) is 0 Å². The summed E-state index contributed by atoms with van der Waals surface area (Å²) in [5.41, 5.74) is 0.603. The molecule has 1 unspecified atom stereocenters. The van der Waals surface area contributed by atoms with Gasteiger partial charge in [-0.15, -0.1) is 0 Å². The van der Waals surface area contributed by atoms with E-state index in [1.54, 1.807) is 18.2 Å². The zero-order chi connectivity index (χ0) is 27.9. The molecular formula is C26H27Cl2N5O4S. The molecule has 12 heteroatoms. The van der Waals surface area contributed by atoms with E-state index in [-0.39, 0.29) is 29.2 Å². The molecule has 0 aliphatic rings. The Labute approximate surface area is 231 Å². The van der Waals surface area contributed by atoms with E-state index in [0.29, 0.717) is 28.0 Å². The fraction of sp³-hybridized carbons (Fsp3) is 0.231. The molecule has 0 radical (unpaired) electrons. The molecule has 3 rings (SSSR count). The lowest BCUT2D eigenvalue weighted by molar-refractivity contribution is -0.118. The molecule has 3 amide bonds. The van der Waals surface area contributed by atoms with Crippen molar-refractivity contribution in [2.24, 2.45) is 4.36 Å². The van der Waals surface area contributed by atoms with Crippen LogP contribution < -0.4 is 10.6 Å². The molecule has 0 saturated carbocycles. The molecule has 0 bridgehead atoms. The largest absolute Gasteiger partial charge is 0.321 e. The number of aromatic nitrogens is 1. The van der Waals surface area contributed by atoms with Gasteiger partial charge in [0.1, 0.15) is 5.82 Å². The Hall–Kier alpha value is -3.31. The van der Waals surface area contributed by atoms with Gasteiger partial charge in [0.05, 0.1) is 32.5 Å². The minimum Gasteiger partial charge on any atom is -0.321 e. The highest BCUT2D eigenvalue weighted by molar-refractivity contribution is 7.93. The first kappa shape index (κ1) is 29.2. The molecule has 200 valence electrons. The third kappa shape index (κ3) is 7.84. The van der Waals surface area contributed by atoms with E-state index in [1.807, 2.05) is 18.7 Å². The highest BCUT2D eigenvalue weighted by atomic mass is 35.5. The maximum absolute atomic E-state index is 13.1. The normalized spacial score (nSPS) is 12.5. The van der Waals surface area contributed by atoms with E-state index in [4.69, 9.17) is 23.2 Å². The summed E-state index contributed by atoms with van der Waals surface area (Å²) in [5, 5.41) is 6.06. The van der Waals surface area contributed by atoms with E-state index in [9.17, 15) is 18.6 Å². The van der Waals surface area contributed by atoms with Crippen molar-refractivity contribution >= 4 is 62.2 Å². The van der Waals surface area contributed by atoms with E-state index in [1.165, 1.54) is 48.9 Å². The Morgan fingerprint density at radius 2 is 1.58 bits per heavy atom. The minimum absolute atomic E-state index is 0.0867. The van der Waals surface area contributed by atoms with Crippen molar-refractivity contribution < 1.29 is 18.6 Å². The van der Waals surface area contributed by atoms with Crippen LogP contribution in [-0.4, -0.2) is 57.7 Å². The van der Waals surface area contributed by atoms with Crippen LogP contribution >= 0.6 is 23.2 Å². The number of rotatable bonds is 9. The molecule has 1 aromatic heterocycles. The smallest absolute Gasteiger partial charge is 0.268 e. The number of anilines is 2. The Morgan fingerprint density at radius 3 is 2.18 bits per heavy atom. The number of halogens is 2. The van der Waals surface area contributed by atoms with Crippen molar-refractivity contribution in [3.63, 3.8) is 0 Å². The van der Waals surface area contributed by atoms with Gasteiger partial charge in [-0.05, 0) is 67.7 Å². The molecule has 0 spiro atoms. The lowest BCUT2D eigenvalue weighted by Crippen LogP contribution is -2.29. The van der Waals surface area contributed by atoms with Crippen LogP contribution in [0, 0.1) is 0 Å². The van der Waals surface area contributed by atoms with Gasteiger partial charge in [-0.3, -0.25) is 19.3 Å². The molecule has 2 N–H and O–H groups in total. The highest BCUT2D eigenvalue weighted by Crippen LogP contribution is 2.23. The first-order valence-corrected chi connectivity index (χ1v) is 14.3. The Bertz CT molecular complexity index is 1450. The van der Waals surface area contributed by atoms with E-state index >= 15 is 0 Å². The molecule has 9 nitrogen and oxygen atoms in total. The maximum Gasteiger partial charge on any atom is 0.268 e. The van der Waals surface area contributed by atoms with Crippen LogP contribution in [0.1, 0.15) is 34.6 Å². The monoisotopic (exact) mass is 575 g/mol. The fourth-order valence-electron chi connectivity index (χ4n) is 3.41. The van der Waals surface area contributed by atoms with Crippen LogP contribution in [0.2, 0.25) is 10.0 Å². The van der Waals surface area contributed by atoms with Gasteiger partial charge >= 0.3 is 0 Å². The average Bonchev–Trinajstić information content (AvgIpc) is 2.89. The van der Waals surface area contributed by atoms with Gasteiger partial charge in [0, 0.05) is 27.9 Å². The predicted molar refractivity (Wildman–Crippen MR) is 151 cm³/mol. The van der Waals surface area contributed by atoms with Crippen molar-refractivity contribution in [3.05, 3.63) is 82.0 Å². The summed E-state index contributed by atoms with van der Waals surface area (Å²) in [4.78, 5) is 44.3. The van der Waals surface area contributed by atoms with Gasteiger partial charge in [0.2, 0.25) is 0 Å². The molecule has 0 aliphatic heterocycles. The summed E-state index contributed by atoms with van der Waals surface area (Å²) in [5.74, 6) is -1.23. The second-order valence-corrected chi connectivity index (χ2v) is 11.4. The Morgan fingerprint density at radius 1 is 0.921 bits per heavy atom. The Balaban J connectivity index is 1.77. The summed E-state index contributed by atoms with van der Waals surface area (Å²) in [6.45, 7) is 5.31. The average molecular weight is 577 g/mol. The Kier molecular flexibility index (Phi) is 9.98. The molecule has 1 heterocycles. The van der Waals surface area contributed by atoms with Gasteiger partial charge in [-0.1, -0.05) is 37.0 Å². The number of nitrogens with zero attached hydrogens (tertiary/aromatic N) is 3. The summed E-state index contributed by atoms with van der Waals surface area (Å²) in [6.07, 6.45) is 2.78. The number of likely N-dealkylation sites (N-methyl/N-ethyl adjacent to an activating group) is 1. The molecule has 0 aliphatic carbocycles. The second-order valence-electron chi connectivity index (χ2n) is 8.23. The molecule has 3 aromatic rings. The van der Waals surface area contributed by atoms with Crippen LogP contribution in [0.4, 0.5) is 11.5 Å². The van der Waals surface area contributed by atoms with Crippen LogP contribution in [-0.2, 0) is 14.5 Å². The van der Waals surface area contributed by atoms with E-state index in [0.717, 1.165) is 0 Å². The quantitative estimate of drug-likeness (QED) is 0.361. The predicted octanol–water partition coefficient (Wildman–Crippen LogP) is 5.22. The zero-order valence-electron chi connectivity index (χ0n) is 21.0. The van der Waals surface area contributed by atoms with Crippen LogP contribution in [0.15, 0.2) is 70.1 Å². The van der Waals surface area contributed by atoms with Gasteiger partial charge in [-0.2, -0.15) is 4.36 Å². The van der Waals surface area contributed by atoms with E-state index < -0.39 is 27.5 Å². The molecular weight excluding hydrogens is 549 g/mol. The van der Waals surface area contributed by atoms with Gasteiger partial charge in [-0.25, -0.2) is 9.19 Å². The highest BCUT2D eigenvalue weighted by Gasteiger charge is 2.17. The molecule has 38 heavy (non-hydrogen) atoms. The van der Waals surface area contributed by atoms with Gasteiger partial charge in [0.15, 0.2) is 0 Å². The van der Waals surface area contributed by atoms with Crippen molar-refractivity contribution in [2.75, 3.05) is 36.5 Å². The van der Waals surface area contributed by atoms with Crippen LogP contribution in [0.25, 0.3) is 0 Å². The molecule has 2 aromatic carbocycles. The number of benzene rings is 2. The number of hydrogen-bond acceptors (Lipinski definition) is 6. The summed E-state index contributed by atoms with van der Waals surface area (Å²) < 4.78 is 17.0.